The van der Waals surface area contributed by atoms with Gasteiger partial charge in [-0.15, -0.1) is 23.1 Å². The molecular formula is C23H22N8O7S2. The molecule has 17 heteroatoms. The Bertz CT molecular complexity index is 1660. The number of carboxylic acids is 2. The van der Waals surface area contributed by atoms with Crippen molar-refractivity contribution in [2.45, 2.75) is 24.9 Å². The molecule has 0 radical (unpaired) electrons. The van der Waals surface area contributed by atoms with Gasteiger partial charge in [-0.3, -0.25) is 19.1 Å². The molecule has 40 heavy (non-hydrogen) atoms. The van der Waals surface area contributed by atoms with E-state index in [1.54, 1.807) is 29.7 Å². The average Bonchev–Trinajstić information content (AvgIpc) is 3.46. The van der Waals surface area contributed by atoms with Crippen molar-refractivity contribution in [3.8, 4) is 0 Å². The van der Waals surface area contributed by atoms with Crippen LogP contribution in [0.2, 0.25) is 0 Å². The first-order valence-corrected chi connectivity index (χ1v) is 13.5. The molecule has 2 aliphatic rings. The number of fused-ring (bicyclic) bond motifs is 2. The number of hydrogen-bond donors (Lipinski definition) is 4. The minimum absolute atomic E-state index is 0.0359. The largest absolute Gasteiger partial charge is 0.543 e. The van der Waals surface area contributed by atoms with Crippen molar-refractivity contribution < 1.29 is 38.6 Å². The maximum absolute atomic E-state index is 13.1. The van der Waals surface area contributed by atoms with Gasteiger partial charge in [0.15, 0.2) is 10.8 Å². The number of imidazole rings is 1. The SMILES string of the molecule is CO/N=C(\C(=O)N[C@@H]1C(=O)N2C(C(=O)[O-])=C(Cn3c(C)c(C(=O)O)[n+]4c(N)cccc34)CS[C@H]12)c1csc(N)n1. The second-order valence-corrected chi connectivity index (χ2v) is 10.8. The van der Waals surface area contributed by atoms with E-state index in [0.717, 1.165) is 16.2 Å². The number of amides is 2. The van der Waals surface area contributed by atoms with Crippen molar-refractivity contribution in [1.29, 1.82) is 0 Å². The second-order valence-electron chi connectivity index (χ2n) is 8.76. The highest BCUT2D eigenvalue weighted by atomic mass is 32.2. The lowest BCUT2D eigenvalue weighted by Crippen LogP contribution is -2.71. The summed E-state index contributed by atoms with van der Waals surface area (Å²) in [4.78, 5) is 60.2. The van der Waals surface area contributed by atoms with Crippen LogP contribution >= 0.6 is 23.1 Å². The third-order valence-corrected chi connectivity index (χ3v) is 8.50. The Morgan fingerprint density at radius 3 is 2.73 bits per heavy atom. The number of thiazole rings is 1. The van der Waals surface area contributed by atoms with Crippen LogP contribution in [0.4, 0.5) is 10.9 Å². The van der Waals surface area contributed by atoms with Gasteiger partial charge < -0.3 is 36.6 Å². The first kappa shape index (κ1) is 26.9. The standard InChI is InChI=1S/C23H22N8O7S2/c1-9-16(21(34)35)30-12(24)4-3-5-13(30)29(9)6-10-7-39-20-15(19(33)31(20)17(10)22(36)37)27-18(32)14(28-38-2)11-8-40-23(25)26-11/h3-5,8,15,20,24H,6-7H2,1-2H3,(H5,25,26,27,32,34,35,36,37)/b28-14-/t15-,20-/m1/s1. The summed E-state index contributed by atoms with van der Waals surface area (Å²) in [5.41, 5.74) is 12.4. The zero-order chi connectivity index (χ0) is 28.9. The third-order valence-electron chi connectivity index (χ3n) is 6.49. The Morgan fingerprint density at radius 2 is 2.10 bits per heavy atom. The smallest absolute Gasteiger partial charge is 0.371 e. The number of aliphatic carboxylic acids is 1. The molecule has 2 amide bonds. The van der Waals surface area contributed by atoms with Gasteiger partial charge in [0, 0.05) is 23.3 Å². The van der Waals surface area contributed by atoms with E-state index in [1.165, 1.54) is 28.7 Å². The van der Waals surface area contributed by atoms with E-state index in [2.05, 4.69) is 15.5 Å². The molecule has 0 aromatic carbocycles. The molecule has 2 aliphatic heterocycles. The first-order chi connectivity index (χ1) is 19.0. The molecule has 1 saturated heterocycles. The van der Waals surface area contributed by atoms with E-state index in [1.807, 2.05) is 0 Å². The number of nitrogens with two attached hydrogens (primary N) is 2. The lowest BCUT2D eigenvalue weighted by atomic mass is 10.0. The summed E-state index contributed by atoms with van der Waals surface area (Å²) in [5.74, 6) is -3.82. The van der Waals surface area contributed by atoms with Crippen LogP contribution in [0.3, 0.4) is 0 Å². The van der Waals surface area contributed by atoms with Gasteiger partial charge in [-0.1, -0.05) is 5.16 Å². The van der Waals surface area contributed by atoms with Crippen molar-refractivity contribution in [3.63, 3.8) is 0 Å². The quantitative estimate of drug-likeness (QED) is 0.101. The Kier molecular flexibility index (Phi) is 6.84. The maximum Gasteiger partial charge on any atom is 0.371 e. The van der Waals surface area contributed by atoms with Crippen LogP contribution in [0.15, 0.2) is 40.0 Å². The Hall–Kier alpha value is -4.64. The number of carbonyl (C=O) groups is 4. The molecule has 0 bridgehead atoms. The first-order valence-electron chi connectivity index (χ1n) is 11.6. The summed E-state index contributed by atoms with van der Waals surface area (Å²) in [5, 5.41) is 29.3. The monoisotopic (exact) mass is 586 g/mol. The third kappa shape index (κ3) is 4.28. The van der Waals surface area contributed by atoms with E-state index >= 15 is 0 Å². The fourth-order valence-electron chi connectivity index (χ4n) is 4.77. The van der Waals surface area contributed by atoms with Crippen molar-refractivity contribution in [3.05, 3.63) is 51.9 Å². The minimum Gasteiger partial charge on any atom is -0.543 e. The molecule has 208 valence electrons. The zero-order valence-electron chi connectivity index (χ0n) is 21.0. The molecule has 0 aliphatic carbocycles. The molecule has 0 unspecified atom stereocenters. The van der Waals surface area contributed by atoms with Crippen LogP contribution < -0.4 is 26.3 Å². The highest BCUT2D eigenvalue weighted by Crippen LogP contribution is 2.40. The number of anilines is 2. The highest BCUT2D eigenvalue weighted by molar-refractivity contribution is 8.00. The number of nitrogens with one attached hydrogen (secondary N) is 1. The lowest BCUT2D eigenvalue weighted by molar-refractivity contribution is -0.498. The van der Waals surface area contributed by atoms with E-state index in [4.69, 9.17) is 16.3 Å². The highest BCUT2D eigenvalue weighted by Gasteiger charge is 2.53. The second kappa shape index (κ2) is 10.2. The number of aromatic carboxylic acids is 1. The van der Waals surface area contributed by atoms with E-state index in [-0.39, 0.29) is 46.0 Å². The van der Waals surface area contributed by atoms with E-state index in [9.17, 15) is 29.4 Å². The summed E-state index contributed by atoms with van der Waals surface area (Å²) in [6.07, 6.45) is 0. The van der Waals surface area contributed by atoms with Crippen molar-refractivity contribution in [1.82, 2.24) is 19.8 Å². The predicted octanol–water partition coefficient (Wildman–Crippen LogP) is -1.69. The average molecular weight is 587 g/mol. The Labute approximate surface area is 233 Å². The fourth-order valence-corrected chi connectivity index (χ4v) is 6.65. The van der Waals surface area contributed by atoms with Crippen LogP contribution in [0, 0.1) is 6.92 Å². The number of carbonyl (C=O) groups excluding carboxylic acids is 3. The number of thioether (sulfide) groups is 1. The van der Waals surface area contributed by atoms with Gasteiger partial charge in [0.2, 0.25) is 17.2 Å². The van der Waals surface area contributed by atoms with Crippen molar-refractivity contribution in [2.24, 2.45) is 5.16 Å². The van der Waals surface area contributed by atoms with Crippen molar-refractivity contribution >= 4 is 69.2 Å². The number of aromatic nitrogens is 3. The van der Waals surface area contributed by atoms with Gasteiger partial charge >= 0.3 is 5.97 Å². The predicted molar refractivity (Wildman–Crippen MR) is 141 cm³/mol. The molecule has 1 fully saturated rings. The molecular weight excluding hydrogens is 564 g/mol. The van der Waals surface area contributed by atoms with Crippen LogP contribution in [0.5, 0.6) is 0 Å². The number of β-lactam (4-membered cyclic amide) rings is 1. The lowest BCUT2D eigenvalue weighted by Gasteiger charge is -2.50. The summed E-state index contributed by atoms with van der Waals surface area (Å²) >= 11 is 2.34. The summed E-state index contributed by atoms with van der Waals surface area (Å²) in [7, 11) is 1.25. The van der Waals surface area contributed by atoms with Crippen LogP contribution in [0.25, 0.3) is 5.65 Å². The zero-order valence-corrected chi connectivity index (χ0v) is 22.6. The number of carboxylic acid groups (broad SMARTS) is 2. The van der Waals surface area contributed by atoms with Gasteiger partial charge in [0.05, 0.1) is 18.2 Å². The molecule has 2 atom stereocenters. The number of pyridine rings is 1. The van der Waals surface area contributed by atoms with Gasteiger partial charge in [-0.2, -0.15) is 4.40 Å². The van der Waals surface area contributed by atoms with Crippen LogP contribution in [0.1, 0.15) is 21.9 Å². The fraction of sp³-hybridized carbons (Fsp3) is 0.261. The number of nitrogens with zero attached hydrogens (tertiary/aromatic N) is 5. The molecule has 3 aromatic heterocycles. The normalized spacial score (nSPS) is 18.9. The molecule has 6 N–H and O–H groups in total. The molecule has 15 nitrogen and oxygen atoms in total. The van der Waals surface area contributed by atoms with Crippen LogP contribution in [-0.4, -0.2) is 73.3 Å². The summed E-state index contributed by atoms with van der Waals surface area (Å²) < 4.78 is 2.99. The van der Waals surface area contributed by atoms with Gasteiger partial charge in [-0.25, -0.2) is 9.78 Å². The minimum atomic E-state index is -1.57. The molecule has 5 rings (SSSR count). The Balaban J connectivity index is 1.44. The summed E-state index contributed by atoms with van der Waals surface area (Å²) in [6.45, 7) is 1.55. The molecule has 0 spiro atoms. The molecule has 5 heterocycles. The number of nitrogen functional groups attached to an aromatic ring is 2. The molecule has 3 aromatic rings. The Morgan fingerprint density at radius 1 is 1.35 bits per heavy atom. The van der Waals surface area contributed by atoms with Gasteiger partial charge in [-0.05, 0) is 18.6 Å². The number of hydrogen-bond acceptors (Lipinski definition) is 12. The number of oxime groups is 1. The van der Waals surface area contributed by atoms with E-state index < -0.39 is 35.2 Å². The summed E-state index contributed by atoms with van der Waals surface area (Å²) in [6, 6.07) is 3.81. The maximum atomic E-state index is 13.1. The van der Waals surface area contributed by atoms with E-state index in [0.29, 0.717) is 16.9 Å². The van der Waals surface area contributed by atoms with Gasteiger partial charge in [0.25, 0.3) is 11.8 Å². The van der Waals surface area contributed by atoms with Crippen LogP contribution in [-0.2, 0) is 25.8 Å². The number of rotatable bonds is 8. The van der Waals surface area contributed by atoms with Gasteiger partial charge in [0.1, 0.15) is 29.9 Å². The topological polar surface area (TPSA) is 222 Å². The molecule has 0 saturated carbocycles. The van der Waals surface area contributed by atoms with Crippen molar-refractivity contribution in [2.75, 3.05) is 24.3 Å².